The monoisotopic (exact) mass is 331 g/mol. The first-order valence-electron chi connectivity index (χ1n) is 9.04. The van der Waals surface area contributed by atoms with Crippen LogP contribution in [-0.4, -0.2) is 58.8 Å². The molecule has 1 aliphatic heterocycles. The van der Waals surface area contributed by atoms with E-state index in [4.69, 9.17) is 0 Å². The number of aliphatic hydroxyl groups excluding tert-OH is 1. The third-order valence-corrected chi connectivity index (χ3v) is 5.12. The van der Waals surface area contributed by atoms with Crippen LogP contribution >= 0.6 is 0 Å². The van der Waals surface area contributed by atoms with Gasteiger partial charge in [-0.3, -0.25) is 4.90 Å². The molecule has 0 radical (unpaired) electrons. The normalized spacial score (nSPS) is 24.1. The Bertz CT molecular complexity index is 556. The van der Waals surface area contributed by atoms with Gasteiger partial charge in [0.05, 0.1) is 6.61 Å². The number of carbonyl (C=O) groups is 1. The molecule has 1 aromatic rings. The molecular weight excluding hydrogens is 302 g/mol. The Morgan fingerprint density at radius 3 is 2.67 bits per heavy atom. The summed E-state index contributed by atoms with van der Waals surface area (Å²) in [4.78, 5) is 16.9. The van der Waals surface area contributed by atoms with Crippen molar-refractivity contribution in [2.45, 2.75) is 57.8 Å². The van der Waals surface area contributed by atoms with Crippen LogP contribution in [0.1, 0.15) is 37.3 Å². The maximum Gasteiger partial charge on any atom is 0.318 e. The Morgan fingerprint density at radius 1 is 1.33 bits per heavy atom. The number of urea groups is 1. The molecule has 2 N–H and O–H groups in total. The van der Waals surface area contributed by atoms with Gasteiger partial charge in [-0.05, 0) is 38.7 Å². The van der Waals surface area contributed by atoms with Gasteiger partial charge in [-0.25, -0.2) is 4.79 Å². The molecule has 0 spiro atoms. The third kappa shape index (κ3) is 4.28. The van der Waals surface area contributed by atoms with Gasteiger partial charge in [0.15, 0.2) is 0 Å². The minimum absolute atomic E-state index is 0.0193. The van der Waals surface area contributed by atoms with Crippen molar-refractivity contribution in [2.75, 3.05) is 19.7 Å². The quantitative estimate of drug-likeness (QED) is 0.839. The average molecular weight is 331 g/mol. The Kier molecular flexibility index (Phi) is 5.41. The van der Waals surface area contributed by atoms with Gasteiger partial charge in [0.2, 0.25) is 0 Å². The highest BCUT2D eigenvalue weighted by atomic mass is 16.3. The minimum Gasteiger partial charge on any atom is -0.395 e. The van der Waals surface area contributed by atoms with Gasteiger partial charge < -0.3 is 15.3 Å². The summed E-state index contributed by atoms with van der Waals surface area (Å²) >= 11 is 0. The van der Waals surface area contributed by atoms with Crippen LogP contribution in [0.4, 0.5) is 4.79 Å². The van der Waals surface area contributed by atoms with Gasteiger partial charge >= 0.3 is 6.03 Å². The van der Waals surface area contributed by atoms with E-state index in [1.165, 1.54) is 18.4 Å². The van der Waals surface area contributed by atoms with Crippen molar-refractivity contribution in [3.8, 4) is 0 Å². The van der Waals surface area contributed by atoms with Gasteiger partial charge in [-0.2, -0.15) is 0 Å². The highest BCUT2D eigenvalue weighted by Crippen LogP contribution is 2.33. The zero-order chi connectivity index (χ0) is 17.1. The topological polar surface area (TPSA) is 55.8 Å². The molecule has 0 bridgehead atoms. The van der Waals surface area contributed by atoms with Crippen molar-refractivity contribution in [3.05, 3.63) is 35.4 Å². The molecule has 1 heterocycles. The molecule has 2 aliphatic rings. The van der Waals surface area contributed by atoms with E-state index < -0.39 is 0 Å². The van der Waals surface area contributed by atoms with Gasteiger partial charge in [0.25, 0.3) is 0 Å². The molecule has 1 saturated heterocycles. The number of hydrogen-bond acceptors (Lipinski definition) is 3. The first-order valence-corrected chi connectivity index (χ1v) is 9.04. The van der Waals surface area contributed by atoms with Crippen molar-refractivity contribution in [1.82, 2.24) is 15.1 Å². The fourth-order valence-corrected chi connectivity index (χ4v) is 3.63. The van der Waals surface area contributed by atoms with Gasteiger partial charge in [0, 0.05) is 37.8 Å². The van der Waals surface area contributed by atoms with Crippen molar-refractivity contribution >= 4 is 6.03 Å². The maximum atomic E-state index is 12.6. The molecule has 132 valence electrons. The number of rotatable bonds is 6. The molecule has 0 aromatic heterocycles. The van der Waals surface area contributed by atoms with Crippen molar-refractivity contribution in [1.29, 1.82) is 0 Å². The molecule has 2 fully saturated rings. The van der Waals surface area contributed by atoms with E-state index >= 15 is 0 Å². The predicted molar refractivity (Wildman–Crippen MR) is 94.8 cm³/mol. The number of nitrogens with zero attached hydrogens (tertiary/aromatic N) is 2. The largest absolute Gasteiger partial charge is 0.395 e. The van der Waals surface area contributed by atoms with E-state index in [-0.39, 0.29) is 18.7 Å². The van der Waals surface area contributed by atoms with Gasteiger partial charge in [-0.1, -0.05) is 29.8 Å². The number of amides is 2. The Balaban J connectivity index is 1.56. The Morgan fingerprint density at radius 2 is 2.04 bits per heavy atom. The summed E-state index contributed by atoms with van der Waals surface area (Å²) in [5.41, 5.74) is 2.29. The van der Waals surface area contributed by atoms with Crippen LogP contribution in [-0.2, 0) is 6.54 Å². The molecule has 5 heteroatoms. The highest BCUT2D eigenvalue weighted by Gasteiger charge is 2.39. The standard InChI is InChI=1S/C19H29N3O2/c1-14-3-5-16(6-4-14)12-21(9-10-23)19(24)20-17-11-15(2)22(13-17)18-7-8-18/h3-6,15,17-18,23H,7-13H2,1-2H3,(H,20,24)/t15-,17-/m1/s1. The number of carbonyl (C=O) groups excluding carboxylic acids is 1. The van der Waals surface area contributed by atoms with Crippen molar-refractivity contribution in [3.63, 3.8) is 0 Å². The molecule has 1 aromatic carbocycles. The Labute approximate surface area is 144 Å². The summed E-state index contributed by atoms with van der Waals surface area (Å²) in [5, 5.41) is 12.5. The lowest BCUT2D eigenvalue weighted by molar-refractivity contribution is 0.170. The summed E-state index contributed by atoms with van der Waals surface area (Å²) in [6, 6.07) is 9.62. The molecule has 5 nitrogen and oxygen atoms in total. The molecule has 3 rings (SSSR count). The second kappa shape index (κ2) is 7.53. The molecule has 2 atom stereocenters. The van der Waals surface area contributed by atoms with Crippen LogP contribution in [0.25, 0.3) is 0 Å². The number of nitrogens with one attached hydrogen (secondary N) is 1. The van der Waals surface area contributed by atoms with E-state index in [1.54, 1.807) is 4.90 Å². The summed E-state index contributed by atoms with van der Waals surface area (Å²) in [7, 11) is 0. The summed E-state index contributed by atoms with van der Waals surface area (Å²) < 4.78 is 0. The van der Waals surface area contributed by atoms with E-state index in [9.17, 15) is 9.90 Å². The zero-order valence-corrected chi connectivity index (χ0v) is 14.7. The molecule has 1 aliphatic carbocycles. The van der Waals surface area contributed by atoms with Crippen LogP contribution in [0, 0.1) is 6.92 Å². The Hall–Kier alpha value is -1.59. The second-order valence-electron chi connectivity index (χ2n) is 7.29. The van der Waals surface area contributed by atoms with E-state index in [0.29, 0.717) is 19.1 Å². The number of aryl methyl sites for hydroxylation is 1. The lowest BCUT2D eigenvalue weighted by Crippen LogP contribution is -2.46. The molecule has 2 amide bonds. The van der Waals surface area contributed by atoms with Gasteiger partial charge in [-0.15, -0.1) is 0 Å². The lowest BCUT2D eigenvalue weighted by Gasteiger charge is -2.25. The number of aliphatic hydroxyl groups is 1. The smallest absolute Gasteiger partial charge is 0.318 e. The third-order valence-electron chi connectivity index (χ3n) is 5.12. The minimum atomic E-state index is -0.0699. The van der Waals surface area contributed by atoms with Crippen LogP contribution in [0.15, 0.2) is 24.3 Å². The van der Waals surface area contributed by atoms with Crippen LogP contribution in [0.5, 0.6) is 0 Å². The highest BCUT2D eigenvalue weighted by molar-refractivity contribution is 5.74. The van der Waals surface area contributed by atoms with E-state index in [0.717, 1.165) is 24.6 Å². The predicted octanol–water partition coefficient (Wildman–Crippen LogP) is 2.12. The lowest BCUT2D eigenvalue weighted by atomic mass is 10.1. The SMILES string of the molecule is Cc1ccc(CN(CCO)C(=O)N[C@@H]2C[C@@H](C)N(C3CC3)C2)cc1. The van der Waals surface area contributed by atoms with Crippen LogP contribution in [0.3, 0.4) is 0 Å². The molecule has 1 saturated carbocycles. The first kappa shape index (κ1) is 17.2. The second-order valence-corrected chi connectivity index (χ2v) is 7.29. The molecule has 0 unspecified atom stereocenters. The number of likely N-dealkylation sites (tertiary alicyclic amines) is 1. The zero-order valence-electron chi connectivity index (χ0n) is 14.7. The first-order chi connectivity index (χ1) is 11.6. The molecular formula is C19H29N3O2. The van der Waals surface area contributed by atoms with Crippen molar-refractivity contribution in [2.24, 2.45) is 0 Å². The maximum absolute atomic E-state index is 12.6. The summed E-state index contributed by atoms with van der Waals surface area (Å²) in [6.45, 7) is 6.12. The fraction of sp³-hybridized carbons (Fsp3) is 0.632. The average Bonchev–Trinajstić information content (AvgIpc) is 3.33. The van der Waals surface area contributed by atoms with Gasteiger partial charge in [0.1, 0.15) is 0 Å². The van der Waals surface area contributed by atoms with Crippen LogP contribution < -0.4 is 5.32 Å². The summed E-state index contributed by atoms with van der Waals surface area (Å²) in [5.74, 6) is 0. The fourth-order valence-electron chi connectivity index (χ4n) is 3.63. The molecule has 24 heavy (non-hydrogen) atoms. The number of benzene rings is 1. The van der Waals surface area contributed by atoms with E-state index in [2.05, 4.69) is 36.2 Å². The van der Waals surface area contributed by atoms with E-state index in [1.807, 2.05) is 12.1 Å². The summed E-state index contributed by atoms with van der Waals surface area (Å²) in [6.07, 6.45) is 3.61. The number of hydrogen-bond donors (Lipinski definition) is 2. The van der Waals surface area contributed by atoms with Crippen molar-refractivity contribution < 1.29 is 9.90 Å². The van der Waals surface area contributed by atoms with Crippen LogP contribution in [0.2, 0.25) is 0 Å².